The van der Waals surface area contributed by atoms with E-state index in [-0.39, 0.29) is 5.41 Å². The molecule has 0 bridgehead atoms. The summed E-state index contributed by atoms with van der Waals surface area (Å²) in [6.45, 7) is 14.2. The van der Waals surface area contributed by atoms with Gasteiger partial charge in [0, 0.05) is 12.0 Å². The fraction of sp³-hybridized carbons (Fsp3) is 0.846. The van der Waals surface area contributed by atoms with Crippen LogP contribution in [-0.4, -0.2) is 15.0 Å². The van der Waals surface area contributed by atoms with Gasteiger partial charge in [0.2, 0.25) is 0 Å². The third-order valence-corrected chi connectivity index (χ3v) is 2.75. The molecular formula is C13H25N3. The average molecular weight is 223 g/mol. The summed E-state index contributed by atoms with van der Waals surface area (Å²) in [7, 11) is 0. The average Bonchev–Trinajstić information content (AvgIpc) is 2.57. The molecule has 0 fully saturated rings. The molecule has 0 atom stereocenters. The molecular weight excluding hydrogens is 198 g/mol. The Morgan fingerprint density at radius 3 is 2.31 bits per heavy atom. The molecule has 0 unspecified atom stereocenters. The Labute approximate surface area is 99.2 Å². The van der Waals surface area contributed by atoms with Crippen molar-refractivity contribution >= 4 is 0 Å². The van der Waals surface area contributed by atoms with Crippen molar-refractivity contribution in [3.63, 3.8) is 0 Å². The lowest BCUT2D eigenvalue weighted by Crippen LogP contribution is -2.17. The van der Waals surface area contributed by atoms with Crippen LogP contribution in [0.3, 0.4) is 0 Å². The topological polar surface area (TPSA) is 30.7 Å². The van der Waals surface area contributed by atoms with E-state index in [1.54, 1.807) is 0 Å². The molecule has 0 aliphatic carbocycles. The van der Waals surface area contributed by atoms with E-state index in [4.69, 9.17) is 0 Å². The molecule has 0 saturated heterocycles. The van der Waals surface area contributed by atoms with Gasteiger partial charge in [-0.15, -0.1) is 5.10 Å². The predicted octanol–water partition coefficient (Wildman–Crippen LogP) is 3.50. The zero-order valence-electron chi connectivity index (χ0n) is 11.5. The van der Waals surface area contributed by atoms with Crippen LogP contribution in [0.15, 0.2) is 0 Å². The minimum absolute atomic E-state index is 0.0874. The quantitative estimate of drug-likeness (QED) is 0.782. The number of rotatable bonds is 4. The van der Waals surface area contributed by atoms with Crippen LogP contribution in [0.5, 0.6) is 0 Å². The number of aromatic nitrogens is 3. The first kappa shape index (κ1) is 13.2. The smallest absolute Gasteiger partial charge is 0.0915 e. The van der Waals surface area contributed by atoms with Crippen LogP contribution in [-0.2, 0) is 12.0 Å². The Morgan fingerprint density at radius 1 is 1.25 bits per heavy atom. The van der Waals surface area contributed by atoms with Crippen LogP contribution in [0.1, 0.15) is 71.7 Å². The monoisotopic (exact) mass is 223 g/mol. The minimum atomic E-state index is 0.0874. The summed E-state index contributed by atoms with van der Waals surface area (Å²) >= 11 is 0. The standard InChI is InChI=1S/C13H25N3/c1-7-8-9-16-11(10(2)3)12(14-15-16)13(4,5)6/h10H,7-9H2,1-6H3. The van der Waals surface area contributed by atoms with Gasteiger partial charge in [-0.25, -0.2) is 4.68 Å². The molecule has 1 aromatic rings. The molecule has 1 rings (SSSR count). The Balaban J connectivity index is 3.07. The SMILES string of the molecule is CCCCn1nnc(C(C)(C)C)c1C(C)C. The maximum atomic E-state index is 4.37. The largest absolute Gasteiger partial charge is 0.249 e. The Hall–Kier alpha value is -0.860. The molecule has 0 spiro atoms. The zero-order valence-corrected chi connectivity index (χ0v) is 11.5. The number of hydrogen-bond acceptors (Lipinski definition) is 2. The number of hydrogen-bond donors (Lipinski definition) is 0. The van der Waals surface area contributed by atoms with Gasteiger partial charge in [0.15, 0.2) is 0 Å². The molecule has 0 aliphatic rings. The van der Waals surface area contributed by atoms with Gasteiger partial charge in [0.05, 0.1) is 11.4 Å². The van der Waals surface area contributed by atoms with E-state index in [0.29, 0.717) is 5.92 Å². The van der Waals surface area contributed by atoms with E-state index in [2.05, 4.69) is 56.5 Å². The molecule has 92 valence electrons. The van der Waals surface area contributed by atoms with Crippen molar-refractivity contribution in [3.8, 4) is 0 Å². The highest BCUT2D eigenvalue weighted by Crippen LogP contribution is 2.28. The van der Waals surface area contributed by atoms with Crippen molar-refractivity contribution in [2.24, 2.45) is 0 Å². The van der Waals surface area contributed by atoms with Gasteiger partial charge in [0.1, 0.15) is 0 Å². The zero-order chi connectivity index (χ0) is 12.3. The van der Waals surface area contributed by atoms with Gasteiger partial charge in [0.25, 0.3) is 0 Å². The molecule has 0 N–H and O–H groups in total. The lowest BCUT2D eigenvalue weighted by Gasteiger charge is -2.19. The van der Waals surface area contributed by atoms with E-state index < -0.39 is 0 Å². The van der Waals surface area contributed by atoms with Gasteiger partial charge in [-0.1, -0.05) is 53.2 Å². The summed E-state index contributed by atoms with van der Waals surface area (Å²) in [6.07, 6.45) is 2.37. The highest BCUT2D eigenvalue weighted by atomic mass is 15.4. The van der Waals surface area contributed by atoms with Crippen molar-refractivity contribution in [1.29, 1.82) is 0 Å². The number of nitrogens with zero attached hydrogens (tertiary/aromatic N) is 3. The molecule has 1 aromatic heterocycles. The van der Waals surface area contributed by atoms with Crippen LogP contribution < -0.4 is 0 Å². The van der Waals surface area contributed by atoms with Crippen molar-refractivity contribution < 1.29 is 0 Å². The van der Waals surface area contributed by atoms with E-state index >= 15 is 0 Å². The van der Waals surface area contributed by atoms with Gasteiger partial charge in [-0.05, 0) is 12.3 Å². The third kappa shape index (κ3) is 2.83. The van der Waals surface area contributed by atoms with Crippen molar-refractivity contribution in [1.82, 2.24) is 15.0 Å². The second kappa shape index (κ2) is 4.98. The second-order valence-corrected chi connectivity index (χ2v) is 5.80. The maximum Gasteiger partial charge on any atom is 0.0915 e. The summed E-state index contributed by atoms with van der Waals surface area (Å²) < 4.78 is 2.09. The van der Waals surface area contributed by atoms with E-state index in [1.165, 1.54) is 18.5 Å². The first-order valence-electron chi connectivity index (χ1n) is 6.31. The van der Waals surface area contributed by atoms with E-state index in [9.17, 15) is 0 Å². The highest BCUT2D eigenvalue weighted by molar-refractivity contribution is 5.21. The van der Waals surface area contributed by atoms with Gasteiger partial charge < -0.3 is 0 Å². The first-order valence-corrected chi connectivity index (χ1v) is 6.31. The normalized spacial score (nSPS) is 12.4. The molecule has 0 radical (unpaired) electrons. The molecule has 0 amide bonds. The molecule has 3 nitrogen and oxygen atoms in total. The molecule has 0 saturated carbocycles. The molecule has 0 aliphatic heterocycles. The molecule has 1 heterocycles. The van der Waals surface area contributed by atoms with Gasteiger partial charge in [-0.3, -0.25) is 0 Å². The van der Waals surface area contributed by atoms with Crippen molar-refractivity contribution in [2.75, 3.05) is 0 Å². The predicted molar refractivity (Wildman–Crippen MR) is 67.7 cm³/mol. The van der Waals surface area contributed by atoms with Crippen LogP contribution in [0.2, 0.25) is 0 Å². The summed E-state index contributed by atoms with van der Waals surface area (Å²) in [6, 6.07) is 0. The number of unbranched alkanes of at least 4 members (excludes halogenated alkanes) is 1. The summed E-state index contributed by atoms with van der Waals surface area (Å²) in [4.78, 5) is 0. The fourth-order valence-electron chi connectivity index (χ4n) is 1.90. The Morgan fingerprint density at radius 2 is 1.88 bits per heavy atom. The van der Waals surface area contributed by atoms with Crippen molar-refractivity contribution in [3.05, 3.63) is 11.4 Å². The van der Waals surface area contributed by atoms with Crippen LogP contribution in [0.25, 0.3) is 0 Å². The third-order valence-electron chi connectivity index (χ3n) is 2.75. The molecule has 3 heteroatoms. The molecule has 0 aromatic carbocycles. The van der Waals surface area contributed by atoms with Gasteiger partial charge in [-0.2, -0.15) is 0 Å². The van der Waals surface area contributed by atoms with Crippen molar-refractivity contribution in [2.45, 2.75) is 72.3 Å². The Bertz CT molecular complexity index is 331. The molecule has 16 heavy (non-hydrogen) atoms. The summed E-state index contributed by atoms with van der Waals surface area (Å²) in [5, 5.41) is 8.68. The second-order valence-electron chi connectivity index (χ2n) is 5.80. The van der Waals surface area contributed by atoms with E-state index in [1.807, 2.05) is 0 Å². The fourth-order valence-corrected chi connectivity index (χ4v) is 1.90. The van der Waals surface area contributed by atoms with Crippen LogP contribution in [0, 0.1) is 0 Å². The van der Waals surface area contributed by atoms with Crippen LogP contribution in [0.4, 0.5) is 0 Å². The maximum absolute atomic E-state index is 4.37. The Kier molecular flexibility index (Phi) is 4.11. The van der Waals surface area contributed by atoms with Crippen LogP contribution >= 0.6 is 0 Å². The lowest BCUT2D eigenvalue weighted by molar-refractivity contribution is 0.517. The first-order chi connectivity index (χ1) is 7.38. The highest BCUT2D eigenvalue weighted by Gasteiger charge is 2.25. The number of aryl methyl sites for hydroxylation is 1. The van der Waals surface area contributed by atoms with Gasteiger partial charge >= 0.3 is 0 Å². The minimum Gasteiger partial charge on any atom is -0.249 e. The van der Waals surface area contributed by atoms with E-state index in [0.717, 1.165) is 12.2 Å². The summed E-state index contributed by atoms with van der Waals surface area (Å²) in [5.41, 5.74) is 2.55. The summed E-state index contributed by atoms with van der Waals surface area (Å²) in [5.74, 6) is 0.487. The lowest BCUT2D eigenvalue weighted by atomic mass is 9.88.